The molecule has 0 fully saturated rings. The van der Waals surface area contributed by atoms with Crippen molar-refractivity contribution < 1.29 is 27.1 Å². The molecule has 2 aromatic rings. The second-order valence-electron chi connectivity index (χ2n) is 5.57. The van der Waals surface area contributed by atoms with Gasteiger partial charge in [-0.05, 0) is 37.3 Å². The van der Waals surface area contributed by atoms with Gasteiger partial charge in [0.2, 0.25) is 0 Å². The topological polar surface area (TPSA) is 89.5 Å². The lowest BCUT2D eigenvalue weighted by Crippen LogP contribution is -2.30. The van der Waals surface area contributed by atoms with E-state index in [2.05, 4.69) is 5.32 Å². The number of ether oxygens (including phenoxy) is 1. The number of anilines is 1. The van der Waals surface area contributed by atoms with Gasteiger partial charge in [-0.3, -0.25) is 4.79 Å². The van der Waals surface area contributed by atoms with Gasteiger partial charge in [0.25, 0.3) is 5.91 Å². The maximum Gasteiger partial charge on any atom is 0.340 e. The summed E-state index contributed by atoms with van der Waals surface area (Å²) in [5, 5.41) is 2.27. The average Bonchev–Trinajstić information content (AvgIpc) is 2.64. The van der Waals surface area contributed by atoms with Gasteiger partial charge in [0, 0.05) is 5.69 Å². The van der Waals surface area contributed by atoms with Gasteiger partial charge in [0.15, 0.2) is 15.9 Å². The largest absolute Gasteiger partial charge is 0.449 e. The summed E-state index contributed by atoms with van der Waals surface area (Å²) in [7, 11) is -3.64. The molecule has 0 saturated carbocycles. The van der Waals surface area contributed by atoms with E-state index in [1.54, 1.807) is 0 Å². The van der Waals surface area contributed by atoms with E-state index in [0.717, 1.165) is 6.07 Å². The summed E-state index contributed by atoms with van der Waals surface area (Å²) < 4.78 is 42.5. The van der Waals surface area contributed by atoms with E-state index < -0.39 is 33.6 Å². The van der Waals surface area contributed by atoms with E-state index in [1.807, 2.05) is 0 Å². The normalized spacial score (nSPS) is 12.3. The molecule has 6 nitrogen and oxygen atoms in total. The van der Waals surface area contributed by atoms with Crippen LogP contribution in [0.25, 0.3) is 0 Å². The number of hydrogen-bond donors (Lipinski definition) is 1. The van der Waals surface area contributed by atoms with Crippen molar-refractivity contribution in [1.29, 1.82) is 0 Å². The summed E-state index contributed by atoms with van der Waals surface area (Å²) in [5.74, 6) is -2.44. The Morgan fingerprint density at radius 1 is 1.22 bits per heavy atom. The summed E-state index contributed by atoms with van der Waals surface area (Å²) >= 11 is 5.65. The smallest absolute Gasteiger partial charge is 0.340 e. The molecule has 0 aliphatic heterocycles. The molecule has 9 heteroatoms. The van der Waals surface area contributed by atoms with E-state index in [0.29, 0.717) is 0 Å². The lowest BCUT2D eigenvalue weighted by Gasteiger charge is -2.15. The molecule has 0 spiro atoms. The van der Waals surface area contributed by atoms with Gasteiger partial charge in [-0.15, -0.1) is 0 Å². The number of rotatable bonds is 6. The summed E-state index contributed by atoms with van der Waals surface area (Å²) in [4.78, 5) is 24.4. The highest BCUT2D eigenvalue weighted by Gasteiger charge is 2.25. The molecular weight excluding hydrogens is 397 g/mol. The van der Waals surface area contributed by atoms with Crippen LogP contribution in [0.3, 0.4) is 0 Å². The summed E-state index contributed by atoms with van der Waals surface area (Å²) in [6.45, 7) is 2.79. The van der Waals surface area contributed by atoms with Crippen molar-refractivity contribution in [2.45, 2.75) is 24.8 Å². The summed E-state index contributed by atoms with van der Waals surface area (Å²) in [6.07, 6.45) is -1.22. The van der Waals surface area contributed by atoms with Gasteiger partial charge in [0.1, 0.15) is 5.82 Å². The number of hydrogen-bond acceptors (Lipinski definition) is 5. The predicted octanol–water partition coefficient (Wildman–Crippen LogP) is 3.46. The van der Waals surface area contributed by atoms with Crippen LogP contribution in [-0.2, 0) is 19.4 Å². The van der Waals surface area contributed by atoms with Crippen LogP contribution < -0.4 is 5.32 Å². The number of carbonyl (C=O) groups is 2. The van der Waals surface area contributed by atoms with Crippen molar-refractivity contribution in [3.05, 3.63) is 58.9 Å². The molecule has 144 valence electrons. The van der Waals surface area contributed by atoms with E-state index in [-0.39, 0.29) is 26.9 Å². The molecule has 0 bridgehead atoms. The van der Waals surface area contributed by atoms with Crippen LogP contribution in [-0.4, -0.2) is 32.2 Å². The molecule has 2 rings (SSSR count). The fourth-order valence-corrected chi connectivity index (χ4v) is 3.42. The first-order valence-electron chi connectivity index (χ1n) is 7.94. The van der Waals surface area contributed by atoms with Crippen molar-refractivity contribution in [3.63, 3.8) is 0 Å². The molecule has 1 N–H and O–H groups in total. The van der Waals surface area contributed by atoms with E-state index in [1.165, 1.54) is 50.2 Å². The Kier molecular flexibility index (Phi) is 6.56. The molecule has 0 aliphatic rings. The number of esters is 1. The predicted molar refractivity (Wildman–Crippen MR) is 99.1 cm³/mol. The van der Waals surface area contributed by atoms with E-state index in [9.17, 15) is 22.4 Å². The molecule has 1 atom stereocenters. The molecule has 2 aromatic carbocycles. The third kappa shape index (κ3) is 5.05. The van der Waals surface area contributed by atoms with Crippen molar-refractivity contribution >= 4 is 39.0 Å². The van der Waals surface area contributed by atoms with Crippen LogP contribution in [0.2, 0.25) is 5.02 Å². The maximum atomic E-state index is 13.2. The number of amides is 1. The average molecular weight is 414 g/mol. The molecule has 0 aromatic heterocycles. The van der Waals surface area contributed by atoms with Crippen molar-refractivity contribution in [2.75, 3.05) is 11.1 Å². The molecule has 0 radical (unpaired) electrons. The lowest BCUT2D eigenvalue weighted by atomic mass is 10.2. The first-order chi connectivity index (χ1) is 12.7. The number of sulfone groups is 1. The monoisotopic (exact) mass is 413 g/mol. The summed E-state index contributed by atoms with van der Waals surface area (Å²) in [5.41, 5.74) is 0.0760. The fraction of sp³-hybridized carbons (Fsp3) is 0.222. The van der Waals surface area contributed by atoms with Crippen molar-refractivity contribution in [3.8, 4) is 0 Å². The number of benzene rings is 2. The molecule has 0 aliphatic carbocycles. The van der Waals surface area contributed by atoms with Gasteiger partial charge in [-0.25, -0.2) is 17.6 Å². The van der Waals surface area contributed by atoms with Gasteiger partial charge in [0.05, 0.1) is 21.2 Å². The minimum Gasteiger partial charge on any atom is -0.449 e. The van der Waals surface area contributed by atoms with E-state index >= 15 is 0 Å². The Labute approximate surface area is 161 Å². The molecule has 1 amide bonds. The van der Waals surface area contributed by atoms with Gasteiger partial charge < -0.3 is 10.1 Å². The van der Waals surface area contributed by atoms with Crippen LogP contribution in [0.1, 0.15) is 24.2 Å². The first-order valence-corrected chi connectivity index (χ1v) is 9.97. The highest BCUT2D eigenvalue weighted by Crippen LogP contribution is 2.21. The third-order valence-electron chi connectivity index (χ3n) is 3.66. The Morgan fingerprint density at radius 3 is 2.52 bits per heavy atom. The SMILES string of the molecule is CCS(=O)(=O)c1ccccc1C(=O)O[C@H](C)C(=O)Nc1ccc(F)c(Cl)c1. The molecule has 0 unspecified atom stereocenters. The van der Waals surface area contributed by atoms with E-state index in [4.69, 9.17) is 16.3 Å². The molecular formula is C18H17ClFNO5S. The zero-order chi connectivity index (χ0) is 20.2. The van der Waals surface area contributed by atoms with Crippen LogP contribution in [0.15, 0.2) is 47.4 Å². The van der Waals surface area contributed by atoms with Gasteiger partial charge in [-0.1, -0.05) is 30.7 Å². The zero-order valence-corrected chi connectivity index (χ0v) is 16.1. The fourth-order valence-electron chi connectivity index (χ4n) is 2.16. The van der Waals surface area contributed by atoms with Crippen LogP contribution in [0, 0.1) is 5.82 Å². The van der Waals surface area contributed by atoms with Crippen LogP contribution >= 0.6 is 11.6 Å². The Bertz CT molecular complexity index is 977. The summed E-state index contributed by atoms with van der Waals surface area (Å²) in [6, 6.07) is 9.21. The van der Waals surface area contributed by atoms with Crippen LogP contribution in [0.5, 0.6) is 0 Å². The Balaban J connectivity index is 2.14. The Hall–Kier alpha value is -2.45. The van der Waals surface area contributed by atoms with Crippen molar-refractivity contribution in [1.82, 2.24) is 0 Å². The van der Waals surface area contributed by atoms with Crippen molar-refractivity contribution in [2.24, 2.45) is 0 Å². The molecule has 27 heavy (non-hydrogen) atoms. The highest BCUT2D eigenvalue weighted by molar-refractivity contribution is 7.91. The first kappa shape index (κ1) is 20.9. The zero-order valence-electron chi connectivity index (χ0n) is 14.5. The third-order valence-corrected chi connectivity index (χ3v) is 5.74. The standard InChI is InChI=1S/C18H17ClFNO5S/c1-3-27(24,25)16-7-5-4-6-13(16)18(23)26-11(2)17(22)21-12-8-9-15(20)14(19)10-12/h4-11H,3H2,1-2H3,(H,21,22)/t11-/m1/s1. The second-order valence-corrected chi connectivity index (χ2v) is 8.22. The molecule has 0 heterocycles. The molecule has 0 saturated heterocycles. The van der Waals surface area contributed by atoms with Gasteiger partial charge in [-0.2, -0.15) is 0 Å². The highest BCUT2D eigenvalue weighted by atomic mass is 35.5. The Morgan fingerprint density at radius 2 is 1.89 bits per heavy atom. The minimum atomic E-state index is -3.64. The minimum absolute atomic E-state index is 0.149. The number of nitrogens with one attached hydrogen (secondary N) is 1. The maximum absolute atomic E-state index is 13.2. The quantitative estimate of drug-likeness (QED) is 0.732. The lowest BCUT2D eigenvalue weighted by molar-refractivity contribution is -0.123. The second kappa shape index (κ2) is 8.49. The van der Waals surface area contributed by atoms with Gasteiger partial charge >= 0.3 is 5.97 Å². The number of halogens is 2. The van der Waals surface area contributed by atoms with Crippen LogP contribution in [0.4, 0.5) is 10.1 Å². The number of carbonyl (C=O) groups excluding carboxylic acids is 2.